The largest absolute Gasteiger partial charge is 0.260 e. The lowest BCUT2D eigenvalue weighted by Crippen LogP contribution is -1.84. The highest BCUT2D eigenvalue weighted by molar-refractivity contribution is 7.80. The summed E-state index contributed by atoms with van der Waals surface area (Å²) in [6.07, 6.45) is 0. The first-order valence-electron chi connectivity index (χ1n) is 4.86. The van der Waals surface area contributed by atoms with Crippen LogP contribution in [0.3, 0.4) is 0 Å². The van der Waals surface area contributed by atoms with Crippen LogP contribution < -0.4 is 5.43 Å². The third kappa shape index (κ3) is 2.84. The van der Waals surface area contributed by atoms with Crippen LogP contribution in [0.2, 0.25) is 0 Å². The summed E-state index contributed by atoms with van der Waals surface area (Å²) in [6, 6.07) is 17.2. The molecule has 0 fully saturated rings. The Hall–Kier alpha value is -1.81. The van der Waals surface area contributed by atoms with E-state index >= 15 is 0 Å². The van der Waals surface area contributed by atoms with E-state index < -0.39 is 0 Å². The van der Waals surface area contributed by atoms with Gasteiger partial charge in [0, 0.05) is 4.90 Å². The summed E-state index contributed by atoms with van der Waals surface area (Å²) in [6.45, 7) is 0. The molecule has 0 atom stereocenters. The standard InChI is InChI=1S/C12H11N3S/c16-12-9-5-4-8-11(12)14-15-13-10-6-2-1-3-7-10/h1-9,16H,(H,13,14). The molecule has 0 radical (unpaired) electrons. The molecule has 2 aromatic rings. The molecule has 0 unspecified atom stereocenters. The van der Waals surface area contributed by atoms with Gasteiger partial charge in [-0.1, -0.05) is 35.6 Å². The highest BCUT2D eigenvalue weighted by Gasteiger charge is 1.93. The number of benzene rings is 2. The molecule has 16 heavy (non-hydrogen) atoms. The van der Waals surface area contributed by atoms with Gasteiger partial charge in [-0.05, 0) is 24.3 Å². The Morgan fingerprint density at radius 1 is 0.875 bits per heavy atom. The van der Waals surface area contributed by atoms with Crippen LogP contribution in [0.25, 0.3) is 0 Å². The molecule has 0 spiro atoms. The third-order valence-electron chi connectivity index (χ3n) is 1.99. The molecule has 0 bridgehead atoms. The van der Waals surface area contributed by atoms with Crippen LogP contribution in [0.4, 0.5) is 11.4 Å². The zero-order valence-electron chi connectivity index (χ0n) is 8.54. The van der Waals surface area contributed by atoms with Crippen molar-refractivity contribution < 1.29 is 0 Å². The topological polar surface area (TPSA) is 36.8 Å². The lowest BCUT2D eigenvalue weighted by Gasteiger charge is -1.98. The fourth-order valence-corrected chi connectivity index (χ4v) is 1.40. The van der Waals surface area contributed by atoms with Crippen LogP contribution in [0.15, 0.2) is 69.8 Å². The van der Waals surface area contributed by atoms with Crippen molar-refractivity contribution in [1.29, 1.82) is 0 Å². The predicted molar refractivity (Wildman–Crippen MR) is 68.3 cm³/mol. The molecule has 0 aliphatic rings. The quantitative estimate of drug-likeness (QED) is 0.464. The van der Waals surface area contributed by atoms with Crippen LogP contribution in [0, 0.1) is 0 Å². The summed E-state index contributed by atoms with van der Waals surface area (Å²) in [5.74, 6) is 0. The number of nitrogens with one attached hydrogen (secondary N) is 1. The van der Waals surface area contributed by atoms with Gasteiger partial charge in [0.05, 0.1) is 5.69 Å². The Labute approximate surface area is 99.6 Å². The number of nitrogens with zero attached hydrogens (tertiary/aromatic N) is 2. The van der Waals surface area contributed by atoms with E-state index in [2.05, 4.69) is 28.4 Å². The van der Waals surface area contributed by atoms with Gasteiger partial charge in [-0.2, -0.15) is 0 Å². The first-order valence-corrected chi connectivity index (χ1v) is 5.31. The predicted octanol–water partition coefficient (Wildman–Crippen LogP) is 4.09. The van der Waals surface area contributed by atoms with Gasteiger partial charge in [0.1, 0.15) is 5.69 Å². The molecule has 2 aromatic carbocycles. The minimum absolute atomic E-state index is 0.745. The zero-order valence-corrected chi connectivity index (χ0v) is 9.43. The highest BCUT2D eigenvalue weighted by Crippen LogP contribution is 2.22. The van der Waals surface area contributed by atoms with Crippen LogP contribution in [-0.4, -0.2) is 0 Å². The second kappa shape index (κ2) is 5.32. The Balaban J connectivity index is 2.03. The monoisotopic (exact) mass is 229 g/mol. The van der Waals surface area contributed by atoms with E-state index in [1.165, 1.54) is 0 Å². The van der Waals surface area contributed by atoms with Gasteiger partial charge in [-0.3, -0.25) is 5.43 Å². The van der Waals surface area contributed by atoms with E-state index in [9.17, 15) is 0 Å². The molecule has 2 rings (SSSR count). The van der Waals surface area contributed by atoms with Gasteiger partial charge in [0.15, 0.2) is 0 Å². The zero-order chi connectivity index (χ0) is 11.2. The highest BCUT2D eigenvalue weighted by atomic mass is 32.1. The molecule has 0 saturated heterocycles. The van der Waals surface area contributed by atoms with Crippen molar-refractivity contribution in [3.63, 3.8) is 0 Å². The first-order chi connectivity index (χ1) is 7.86. The molecule has 0 amide bonds. The molecule has 80 valence electrons. The minimum atomic E-state index is 0.745. The van der Waals surface area contributed by atoms with Gasteiger partial charge in [0.25, 0.3) is 0 Å². The Morgan fingerprint density at radius 2 is 1.56 bits per heavy atom. The average Bonchev–Trinajstić information content (AvgIpc) is 2.33. The summed E-state index contributed by atoms with van der Waals surface area (Å²) in [5.41, 5.74) is 4.49. The van der Waals surface area contributed by atoms with E-state index in [1.54, 1.807) is 0 Å². The second-order valence-electron chi connectivity index (χ2n) is 3.17. The third-order valence-corrected chi connectivity index (χ3v) is 2.37. The first kappa shape index (κ1) is 10.7. The Bertz CT molecular complexity index is 483. The number of hydrogen-bond acceptors (Lipinski definition) is 3. The fourth-order valence-electron chi connectivity index (χ4n) is 1.20. The Morgan fingerprint density at radius 3 is 2.31 bits per heavy atom. The van der Waals surface area contributed by atoms with Crippen LogP contribution in [0.5, 0.6) is 0 Å². The lowest BCUT2D eigenvalue weighted by atomic mass is 10.3. The van der Waals surface area contributed by atoms with Gasteiger partial charge >= 0.3 is 0 Å². The molecular formula is C12H11N3S. The SMILES string of the molecule is Sc1ccccc1N=NNc1ccccc1. The molecule has 0 heterocycles. The summed E-state index contributed by atoms with van der Waals surface area (Å²) >= 11 is 4.28. The van der Waals surface area contributed by atoms with Gasteiger partial charge < -0.3 is 0 Å². The molecule has 0 aliphatic carbocycles. The Kier molecular flexibility index (Phi) is 3.56. The summed E-state index contributed by atoms with van der Waals surface area (Å²) in [5, 5.41) is 7.94. The van der Waals surface area contributed by atoms with Crippen molar-refractivity contribution in [1.82, 2.24) is 0 Å². The molecule has 1 N–H and O–H groups in total. The molecule has 0 aliphatic heterocycles. The average molecular weight is 229 g/mol. The molecule has 0 aromatic heterocycles. The van der Waals surface area contributed by atoms with Crippen LogP contribution in [0.1, 0.15) is 0 Å². The van der Waals surface area contributed by atoms with Crippen molar-refractivity contribution in [2.24, 2.45) is 10.3 Å². The number of rotatable bonds is 3. The van der Waals surface area contributed by atoms with Gasteiger partial charge in [0.2, 0.25) is 0 Å². The van der Waals surface area contributed by atoms with E-state index in [1.807, 2.05) is 54.6 Å². The normalized spacial score (nSPS) is 10.6. The maximum Gasteiger partial charge on any atom is 0.101 e. The van der Waals surface area contributed by atoms with Crippen molar-refractivity contribution in [3.8, 4) is 0 Å². The molecular weight excluding hydrogens is 218 g/mol. The van der Waals surface area contributed by atoms with Gasteiger partial charge in [-0.15, -0.1) is 17.7 Å². The molecule has 3 nitrogen and oxygen atoms in total. The number of anilines is 1. The summed E-state index contributed by atoms with van der Waals surface area (Å²) < 4.78 is 0. The summed E-state index contributed by atoms with van der Waals surface area (Å²) in [4.78, 5) is 0.807. The summed E-state index contributed by atoms with van der Waals surface area (Å²) in [7, 11) is 0. The maximum atomic E-state index is 4.28. The number of thiol groups is 1. The molecule has 0 saturated carbocycles. The molecule has 4 heteroatoms. The maximum absolute atomic E-state index is 4.28. The van der Waals surface area contributed by atoms with E-state index in [0.29, 0.717) is 0 Å². The smallest absolute Gasteiger partial charge is 0.101 e. The van der Waals surface area contributed by atoms with Crippen LogP contribution >= 0.6 is 12.6 Å². The number of hydrogen-bond donors (Lipinski definition) is 2. The van der Waals surface area contributed by atoms with Gasteiger partial charge in [-0.25, -0.2) is 0 Å². The lowest BCUT2D eigenvalue weighted by molar-refractivity contribution is 1.11. The van der Waals surface area contributed by atoms with E-state index in [0.717, 1.165) is 16.3 Å². The second-order valence-corrected chi connectivity index (χ2v) is 3.65. The van der Waals surface area contributed by atoms with E-state index in [4.69, 9.17) is 0 Å². The van der Waals surface area contributed by atoms with E-state index in [-0.39, 0.29) is 0 Å². The van der Waals surface area contributed by atoms with Crippen molar-refractivity contribution in [3.05, 3.63) is 54.6 Å². The fraction of sp³-hybridized carbons (Fsp3) is 0. The minimum Gasteiger partial charge on any atom is -0.260 e. The van der Waals surface area contributed by atoms with Crippen molar-refractivity contribution in [2.45, 2.75) is 4.90 Å². The van der Waals surface area contributed by atoms with Crippen molar-refractivity contribution >= 4 is 24.0 Å². The van der Waals surface area contributed by atoms with Crippen LogP contribution in [-0.2, 0) is 0 Å². The van der Waals surface area contributed by atoms with Crippen molar-refractivity contribution in [2.75, 3.05) is 5.43 Å². The number of para-hydroxylation sites is 1.